The van der Waals surface area contributed by atoms with E-state index >= 15 is 0 Å². The minimum absolute atomic E-state index is 0.519. The second-order valence-corrected chi connectivity index (χ2v) is 13.6. The summed E-state index contributed by atoms with van der Waals surface area (Å²) in [7, 11) is 0. The summed E-state index contributed by atoms with van der Waals surface area (Å²) in [6, 6.07) is 51.2. The molecule has 0 saturated carbocycles. The average molecular weight is 655 g/mol. The lowest BCUT2D eigenvalue weighted by Crippen LogP contribution is -2.36. The van der Waals surface area contributed by atoms with E-state index in [1.807, 2.05) is 24.3 Å². The van der Waals surface area contributed by atoms with Crippen LogP contribution in [0, 0.1) is 0 Å². The van der Waals surface area contributed by atoms with Crippen LogP contribution < -0.4 is 4.74 Å². The minimum atomic E-state index is -0.519. The molecule has 11 rings (SSSR count). The van der Waals surface area contributed by atoms with Crippen LogP contribution in [0.2, 0.25) is 0 Å². The van der Waals surface area contributed by atoms with Gasteiger partial charge in [0.25, 0.3) is 0 Å². The number of para-hydroxylation sites is 1. The van der Waals surface area contributed by atoms with Crippen molar-refractivity contribution >= 4 is 21.9 Å². The molecule has 3 aliphatic rings. The molecule has 3 heterocycles. The smallest absolute Gasteiger partial charge is 0.160 e. The molecule has 0 fully saturated rings. The maximum atomic E-state index is 6.74. The van der Waals surface area contributed by atoms with Gasteiger partial charge in [0.2, 0.25) is 0 Å². The fraction of sp³-hybridized carbons (Fsp3) is 0.0638. The van der Waals surface area contributed by atoms with Crippen molar-refractivity contribution in [2.45, 2.75) is 18.3 Å². The van der Waals surface area contributed by atoms with Gasteiger partial charge in [0.05, 0.1) is 16.8 Å². The predicted octanol–water partition coefficient (Wildman–Crippen LogP) is 11.7. The van der Waals surface area contributed by atoms with Crippen LogP contribution in [-0.2, 0) is 5.41 Å². The van der Waals surface area contributed by atoms with Crippen molar-refractivity contribution < 1.29 is 9.15 Å². The molecule has 0 bridgehead atoms. The fourth-order valence-corrected chi connectivity index (χ4v) is 8.58. The van der Waals surface area contributed by atoms with Gasteiger partial charge in [-0.3, -0.25) is 0 Å². The molecular weight excluding hydrogens is 625 g/mol. The van der Waals surface area contributed by atoms with Crippen molar-refractivity contribution in [2.75, 3.05) is 0 Å². The van der Waals surface area contributed by atoms with E-state index in [2.05, 4.69) is 133 Å². The molecule has 2 aliphatic carbocycles. The monoisotopic (exact) mass is 654 g/mol. The Kier molecular flexibility index (Phi) is 5.97. The van der Waals surface area contributed by atoms with Crippen LogP contribution in [0.1, 0.15) is 29.5 Å². The van der Waals surface area contributed by atoms with E-state index in [4.69, 9.17) is 19.1 Å². The van der Waals surface area contributed by atoms with Gasteiger partial charge in [0, 0.05) is 38.6 Å². The lowest BCUT2D eigenvalue weighted by atomic mass is 9.64. The molecule has 0 N–H and O–H groups in total. The zero-order valence-corrected chi connectivity index (χ0v) is 27.6. The molecule has 1 spiro atoms. The first kappa shape index (κ1) is 28.3. The first-order valence-electron chi connectivity index (χ1n) is 17.6. The second kappa shape index (κ2) is 10.7. The minimum Gasteiger partial charge on any atom is -0.457 e. The number of fused-ring (bicyclic) bond motifs is 12. The molecule has 4 heteroatoms. The molecule has 8 aromatic rings. The number of benzene rings is 6. The van der Waals surface area contributed by atoms with Crippen LogP contribution in [0.25, 0.3) is 67.0 Å². The van der Waals surface area contributed by atoms with Gasteiger partial charge in [-0.15, -0.1) is 0 Å². The molecule has 6 aromatic carbocycles. The normalized spacial score (nSPS) is 15.1. The standard InChI is InChI=1S/C47H30N2O2/c1-2-12-29(13-3-1)40-28-41(30-22-24-35-34-16-6-10-20-42(34)50-45(35)27-30)49-46(48-40)31-23-25-44-39(26-31)47(38-19-9-11-21-43(38)51-44)36-17-7-4-14-32(36)33-15-5-8-18-37(33)47/h1-8,10,12-28H,9,11H2. The fourth-order valence-electron chi connectivity index (χ4n) is 8.58. The van der Waals surface area contributed by atoms with Crippen molar-refractivity contribution in [3.05, 3.63) is 186 Å². The Balaban J connectivity index is 1.15. The van der Waals surface area contributed by atoms with E-state index in [1.54, 1.807) is 0 Å². The third-order valence-corrected chi connectivity index (χ3v) is 10.8. The highest BCUT2D eigenvalue weighted by Gasteiger charge is 2.52. The number of aromatic nitrogens is 2. The topological polar surface area (TPSA) is 48.2 Å². The van der Waals surface area contributed by atoms with Gasteiger partial charge in [-0.2, -0.15) is 0 Å². The third-order valence-electron chi connectivity index (χ3n) is 10.8. The number of hydrogen-bond donors (Lipinski definition) is 0. The lowest BCUT2D eigenvalue weighted by Gasteiger charge is -2.42. The summed E-state index contributed by atoms with van der Waals surface area (Å²) in [5, 5.41) is 2.20. The molecule has 0 atom stereocenters. The summed E-state index contributed by atoms with van der Waals surface area (Å²) in [6.45, 7) is 0. The molecule has 2 aromatic heterocycles. The molecule has 51 heavy (non-hydrogen) atoms. The van der Waals surface area contributed by atoms with E-state index < -0.39 is 5.41 Å². The van der Waals surface area contributed by atoms with E-state index in [9.17, 15) is 0 Å². The Morgan fingerprint density at radius 1 is 0.490 bits per heavy atom. The average Bonchev–Trinajstić information content (AvgIpc) is 3.72. The molecule has 4 nitrogen and oxygen atoms in total. The Morgan fingerprint density at radius 3 is 1.98 bits per heavy atom. The number of ether oxygens (including phenoxy) is 1. The van der Waals surface area contributed by atoms with Crippen LogP contribution in [0.15, 0.2) is 173 Å². The zero-order valence-electron chi connectivity index (χ0n) is 27.6. The first-order valence-corrected chi connectivity index (χ1v) is 17.6. The van der Waals surface area contributed by atoms with Crippen LogP contribution in [-0.4, -0.2) is 9.97 Å². The van der Waals surface area contributed by atoms with Crippen molar-refractivity contribution in [3.8, 4) is 50.8 Å². The highest BCUT2D eigenvalue weighted by atomic mass is 16.5. The van der Waals surface area contributed by atoms with Gasteiger partial charge in [0.15, 0.2) is 5.82 Å². The summed E-state index contributed by atoms with van der Waals surface area (Å²) >= 11 is 0. The Hall–Kier alpha value is -6.52. The lowest BCUT2D eigenvalue weighted by molar-refractivity contribution is 0.383. The van der Waals surface area contributed by atoms with Gasteiger partial charge < -0.3 is 9.15 Å². The van der Waals surface area contributed by atoms with E-state index in [0.29, 0.717) is 5.82 Å². The summed E-state index contributed by atoms with van der Waals surface area (Å²) < 4.78 is 13.0. The molecule has 0 saturated heterocycles. The zero-order chi connectivity index (χ0) is 33.5. The predicted molar refractivity (Wildman–Crippen MR) is 203 cm³/mol. The van der Waals surface area contributed by atoms with Crippen LogP contribution in [0.5, 0.6) is 5.75 Å². The summed E-state index contributed by atoms with van der Waals surface area (Å²) in [5.41, 5.74) is 13.3. The highest BCUT2D eigenvalue weighted by molar-refractivity contribution is 6.05. The summed E-state index contributed by atoms with van der Waals surface area (Å²) in [6.07, 6.45) is 6.59. The quantitative estimate of drug-likeness (QED) is 0.190. The summed E-state index contributed by atoms with van der Waals surface area (Å²) in [5.74, 6) is 2.48. The summed E-state index contributed by atoms with van der Waals surface area (Å²) in [4.78, 5) is 10.5. The number of furan rings is 1. The van der Waals surface area contributed by atoms with E-state index in [1.165, 1.54) is 27.8 Å². The third kappa shape index (κ3) is 4.08. The van der Waals surface area contributed by atoms with Crippen molar-refractivity contribution in [1.29, 1.82) is 0 Å². The maximum Gasteiger partial charge on any atom is 0.160 e. The van der Waals surface area contributed by atoms with Gasteiger partial charge in [-0.05, 0) is 83.6 Å². The number of hydrogen-bond acceptors (Lipinski definition) is 4. The number of nitrogens with zero attached hydrogens (tertiary/aromatic N) is 2. The molecule has 1 aliphatic heterocycles. The number of allylic oxidation sites excluding steroid dienone is 3. The Bertz CT molecular complexity index is 2740. The molecule has 240 valence electrons. The largest absolute Gasteiger partial charge is 0.457 e. The SMILES string of the molecule is C1=C2Oc3ccc(-c4nc(-c5ccccc5)cc(-c5ccc6c(c5)oc5ccccc56)n4)cc3C3(C2=CCC1)c1ccccc1-c1ccccc13. The van der Waals surface area contributed by atoms with Gasteiger partial charge in [0.1, 0.15) is 22.7 Å². The van der Waals surface area contributed by atoms with Crippen molar-refractivity contribution in [2.24, 2.45) is 0 Å². The maximum absolute atomic E-state index is 6.74. The van der Waals surface area contributed by atoms with Crippen LogP contribution in [0.3, 0.4) is 0 Å². The van der Waals surface area contributed by atoms with Gasteiger partial charge >= 0.3 is 0 Å². The molecule has 0 radical (unpaired) electrons. The van der Waals surface area contributed by atoms with E-state index in [0.717, 1.165) is 79.9 Å². The van der Waals surface area contributed by atoms with Gasteiger partial charge in [-0.25, -0.2) is 9.97 Å². The molecule has 0 unspecified atom stereocenters. The molecular formula is C47H30N2O2. The Morgan fingerprint density at radius 2 is 1.16 bits per heavy atom. The highest BCUT2D eigenvalue weighted by Crippen LogP contribution is 2.62. The van der Waals surface area contributed by atoms with E-state index in [-0.39, 0.29) is 0 Å². The Labute approximate surface area is 295 Å². The molecule has 0 amide bonds. The second-order valence-electron chi connectivity index (χ2n) is 13.6. The number of rotatable bonds is 3. The van der Waals surface area contributed by atoms with Crippen LogP contribution >= 0.6 is 0 Å². The van der Waals surface area contributed by atoms with Crippen molar-refractivity contribution in [1.82, 2.24) is 9.97 Å². The van der Waals surface area contributed by atoms with Crippen molar-refractivity contribution in [3.63, 3.8) is 0 Å². The van der Waals surface area contributed by atoms with Gasteiger partial charge in [-0.1, -0.05) is 109 Å². The van der Waals surface area contributed by atoms with Crippen LogP contribution in [0.4, 0.5) is 0 Å². The first-order chi connectivity index (χ1) is 25.3.